The van der Waals surface area contributed by atoms with Crippen LogP contribution in [0.5, 0.6) is 0 Å². The van der Waals surface area contributed by atoms with Crippen molar-refractivity contribution in [2.24, 2.45) is 0 Å². The van der Waals surface area contributed by atoms with E-state index in [1.54, 1.807) is 25.1 Å². The summed E-state index contributed by atoms with van der Waals surface area (Å²) in [6.45, 7) is 8.86. The van der Waals surface area contributed by atoms with Crippen molar-refractivity contribution in [2.45, 2.75) is 32.1 Å². The van der Waals surface area contributed by atoms with E-state index in [-0.39, 0.29) is 4.90 Å². The number of hydrogen-bond donors (Lipinski definition) is 1. The van der Waals surface area contributed by atoms with Crippen molar-refractivity contribution in [1.82, 2.24) is 4.90 Å². The average Bonchev–Trinajstić information content (AvgIpc) is 2.97. The first-order valence-corrected chi connectivity index (χ1v) is 10.7. The molecule has 0 aliphatic heterocycles. The SMILES string of the molecule is CCN(CC)CCc1cscc1NS(=O)(=O)c1cccc(Cl)c1C. The van der Waals surface area contributed by atoms with E-state index >= 15 is 0 Å². The molecule has 2 rings (SSSR count). The molecular formula is C17H23ClN2O2S2. The molecule has 24 heavy (non-hydrogen) atoms. The predicted molar refractivity (Wildman–Crippen MR) is 103 cm³/mol. The van der Waals surface area contributed by atoms with Crippen molar-refractivity contribution in [3.63, 3.8) is 0 Å². The molecule has 0 aliphatic carbocycles. The molecule has 1 aromatic heterocycles. The predicted octanol–water partition coefficient (Wildman–Crippen LogP) is 4.40. The Bertz CT molecular complexity index is 784. The molecule has 0 fully saturated rings. The molecule has 4 nitrogen and oxygen atoms in total. The van der Waals surface area contributed by atoms with Gasteiger partial charge in [-0.15, -0.1) is 11.3 Å². The number of likely N-dealkylation sites (N-methyl/N-ethyl adjacent to an activating group) is 1. The molecule has 7 heteroatoms. The molecule has 0 bridgehead atoms. The fourth-order valence-corrected chi connectivity index (χ4v) is 4.99. The zero-order valence-electron chi connectivity index (χ0n) is 14.2. The topological polar surface area (TPSA) is 49.4 Å². The van der Waals surface area contributed by atoms with Gasteiger partial charge in [0.1, 0.15) is 0 Å². The Kier molecular flexibility index (Phi) is 6.69. The van der Waals surface area contributed by atoms with Crippen LogP contribution in [0.1, 0.15) is 25.0 Å². The number of nitrogens with one attached hydrogen (secondary N) is 1. The lowest BCUT2D eigenvalue weighted by Crippen LogP contribution is -2.25. The molecular weight excluding hydrogens is 364 g/mol. The molecule has 1 N–H and O–H groups in total. The molecule has 0 unspecified atom stereocenters. The van der Waals surface area contributed by atoms with Gasteiger partial charge in [0.25, 0.3) is 10.0 Å². The standard InChI is InChI=1S/C17H23ClN2O2S2/c1-4-20(5-2)10-9-14-11-23-12-16(14)19-24(21,22)17-8-6-7-15(18)13(17)3/h6-8,11-12,19H,4-5,9-10H2,1-3H3. The van der Waals surface area contributed by atoms with E-state index in [2.05, 4.69) is 23.5 Å². The zero-order chi connectivity index (χ0) is 17.7. The molecule has 0 saturated heterocycles. The third-order valence-electron chi connectivity index (χ3n) is 4.09. The number of nitrogens with zero attached hydrogens (tertiary/aromatic N) is 1. The maximum Gasteiger partial charge on any atom is 0.262 e. The highest BCUT2D eigenvalue weighted by molar-refractivity contribution is 7.92. The monoisotopic (exact) mass is 386 g/mol. The summed E-state index contributed by atoms with van der Waals surface area (Å²) in [5, 5.41) is 4.30. The molecule has 1 heterocycles. The van der Waals surface area contributed by atoms with Crippen molar-refractivity contribution in [3.05, 3.63) is 45.1 Å². The summed E-state index contributed by atoms with van der Waals surface area (Å²) in [6, 6.07) is 4.92. The van der Waals surface area contributed by atoms with Crippen LogP contribution < -0.4 is 4.72 Å². The minimum absolute atomic E-state index is 0.218. The fourth-order valence-electron chi connectivity index (χ4n) is 2.50. The van der Waals surface area contributed by atoms with Crippen LogP contribution in [-0.4, -0.2) is 33.0 Å². The van der Waals surface area contributed by atoms with Gasteiger partial charge in [0.2, 0.25) is 0 Å². The van der Waals surface area contributed by atoms with Crippen molar-refractivity contribution >= 4 is 38.6 Å². The summed E-state index contributed by atoms with van der Waals surface area (Å²) in [5.41, 5.74) is 2.24. The number of benzene rings is 1. The number of hydrogen-bond acceptors (Lipinski definition) is 4. The lowest BCUT2D eigenvalue weighted by Gasteiger charge is -2.18. The van der Waals surface area contributed by atoms with E-state index in [0.717, 1.165) is 31.6 Å². The summed E-state index contributed by atoms with van der Waals surface area (Å²) in [6.07, 6.45) is 0.817. The van der Waals surface area contributed by atoms with Gasteiger partial charge in [-0.1, -0.05) is 31.5 Å². The van der Waals surface area contributed by atoms with Gasteiger partial charge in [-0.05, 0) is 55.1 Å². The van der Waals surface area contributed by atoms with Crippen molar-refractivity contribution < 1.29 is 8.42 Å². The summed E-state index contributed by atoms with van der Waals surface area (Å²) < 4.78 is 28.1. The van der Waals surface area contributed by atoms with Gasteiger partial charge < -0.3 is 4.90 Å². The first-order chi connectivity index (χ1) is 11.4. The minimum Gasteiger partial charge on any atom is -0.304 e. The molecule has 0 atom stereocenters. The van der Waals surface area contributed by atoms with E-state index in [4.69, 9.17) is 11.6 Å². The second-order valence-electron chi connectivity index (χ2n) is 5.56. The van der Waals surface area contributed by atoms with E-state index < -0.39 is 10.0 Å². The van der Waals surface area contributed by atoms with E-state index in [0.29, 0.717) is 16.3 Å². The van der Waals surface area contributed by atoms with Gasteiger partial charge >= 0.3 is 0 Å². The molecule has 1 aromatic carbocycles. The quantitative estimate of drug-likeness (QED) is 0.731. The van der Waals surface area contributed by atoms with E-state index in [1.165, 1.54) is 11.3 Å². The van der Waals surface area contributed by atoms with Gasteiger partial charge in [0.15, 0.2) is 0 Å². The second kappa shape index (κ2) is 8.34. The Labute approximate surface area is 153 Å². The Hall–Kier alpha value is -1.08. The van der Waals surface area contributed by atoms with Crippen LogP contribution in [0.4, 0.5) is 5.69 Å². The molecule has 2 aromatic rings. The molecule has 0 saturated carbocycles. The number of rotatable bonds is 8. The number of sulfonamides is 1. The van der Waals surface area contributed by atoms with Crippen molar-refractivity contribution in [1.29, 1.82) is 0 Å². The number of anilines is 1. The third-order valence-corrected chi connectivity index (χ3v) is 6.80. The molecule has 132 valence electrons. The zero-order valence-corrected chi connectivity index (χ0v) is 16.6. The summed E-state index contributed by atoms with van der Waals surface area (Å²) in [4.78, 5) is 2.53. The first kappa shape index (κ1) is 19.2. The van der Waals surface area contributed by atoms with Crippen LogP contribution in [0.3, 0.4) is 0 Å². The van der Waals surface area contributed by atoms with E-state index in [1.807, 2.05) is 10.8 Å². The number of halogens is 1. The Morgan fingerprint density at radius 2 is 1.92 bits per heavy atom. The van der Waals surface area contributed by atoms with Crippen LogP contribution >= 0.6 is 22.9 Å². The van der Waals surface area contributed by atoms with Crippen LogP contribution in [0.2, 0.25) is 5.02 Å². The smallest absolute Gasteiger partial charge is 0.262 e. The van der Waals surface area contributed by atoms with Crippen molar-refractivity contribution in [3.8, 4) is 0 Å². The van der Waals surface area contributed by atoms with Gasteiger partial charge in [0.05, 0.1) is 10.6 Å². The minimum atomic E-state index is -3.65. The third kappa shape index (κ3) is 4.51. The van der Waals surface area contributed by atoms with Crippen LogP contribution in [0.25, 0.3) is 0 Å². The normalized spacial score (nSPS) is 11.9. The summed E-state index contributed by atoms with van der Waals surface area (Å²) in [5.74, 6) is 0. The van der Waals surface area contributed by atoms with Gasteiger partial charge in [0, 0.05) is 16.9 Å². The summed E-state index contributed by atoms with van der Waals surface area (Å²) >= 11 is 7.56. The molecule has 0 radical (unpaired) electrons. The van der Waals surface area contributed by atoms with Gasteiger partial charge in [-0.3, -0.25) is 4.72 Å². The van der Waals surface area contributed by atoms with Crippen LogP contribution in [0.15, 0.2) is 33.9 Å². The second-order valence-corrected chi connectivity index (χ2v) is 8.36. The summed E-state index contributed by atoms with van der Waals surface area (Å²) in [7, 11) is -3.65. The highest BCUT2D eigenvalue weighted by Gasteiger charge is 2.20. The fraction of sp³-hybridized carbons (Fsp3) is 0.412. The lowest BCUT2D eigenvalue weighted by molar-refractivity contribution is 0.308. The van der Waals surface area contributed by atoms with Crippen molar-refractivity contribution in [2.75, 3.05) is 24.4 Å². The lowest BCUT2D eigenvalue weighted by atomic mass is 10.2. The van der Waals surface area contributed by atoms with Gasteiger partial charge in [-0.25, -0.2) is 8.42 Å². The average molecular weight is 387 g/mol. The number of thiophene rings is 1. The van der Waals surface area contributed by atoms with Gasteiger partial charge in [-0.2, -0.15) is 0 Å². The highest BCUT2D eigenvalue weighted by atomic mass is 35.5. The molecule has 0 amide bonds. The van der Waals surface area contributed by atoms with Crippen LogP contribution in [-0.2, 0) is 16.4 Å². The highest BCUT2D eigenvalue weighted by Crippen LogP contribution is 2.28. The Morgan fingerprint density at radius 1 is 1.21 bits per heavy atom. The molecule has 0 spiro atoms. The maximum atomic E-state index is 12.7. The Balaban J connectivity index is 2.19. The Morgan fingerprint density at radius 3 is 2.58 bits per heavy atom. The van der Waals surface area contributed by atoms with Crippen LogP contribution in [0, 0.1) is 6.92 Å². The first-order valence-electron chi connectivity index (χ1n) is 7.94. The maximum absolute atomic E-state index is 12.7. The molecule has 0 aliphatic rings. The van der Waals surface area contributed by atoms with E-state index in [9.17, 15) is 8.42 Å². The largest absolute Gasteiger partial charge is 0.304 e.